The Morgan fingerprint density at radius 3 is 2.38 bits per heavy atom. The lowest BCUT2D eigenvalue weighted by Gasteiger charge is -2.31. The van der Waals surface area contributed by atoms with E-state index in [9.17, 15) is 27.9 Å². The van der Waals surface area contributed by atoms with Gasteiger partial charge in [0, 0.05) is 70.9 Å². The number of ether oxygens (including phenoxy) is 1. The number of carbonyl (C=O) groups is 3. The van der Waals surface area contributed by atoms with E-state index in [1.807, 2.05) is 59.5 Å². The first kappa shape index (κ1) is 39.7. The molecule has 0 atom stereocenters. The molecule has 3 aromatic rings. The minimum atomic E-state index is -3.61. The third kappa shape index (κ3) is 13.1. The van der Waals surface area contributed by atoms with E-state index in [-0.39, 0.29) is 49.1 Å². The number of aromatic hydroxyl groups is 1. The summed E-state index contributed by atoms with van der Waals surface area (Å²) in [7, 11) is -3.61. The maximum atomic E-state index is 13.4. The predicted molar refractivity (Wildman–Crippen MR) is 205 cm³/mol. The molecule has 2 aliphatic rings. The Morgan fingerprint density at radius 2 is 1.62 bits per heavy atom. The van der Waals surface area contributed by atoms with Gasteiger partial charge < -0.3 is 25.4 Å². The number of nitrogens with one attached hydrogen (secondary N) is 3. The fraction of sp³-hybridized carbons (Fsp3) is 0.462. The molecule has 5 rings (SSSR count). The van der Waals surface area contributed by atoms with E-state index in [4.69, 9.17) is 4.74 Å². The number of likely N-dealkylation sites (tertiary alicyclic amines) is 1. The van der Waals surface area contributed by atoms with Crippen molar-refractivity contribution in [2.45, 2.75) is 51.2 Å². The van der Waals surface area contributed by atoms with Crippen LogP contribution in [0.2, 0.25) is 0 Å². The van der Waals surface area contributed by atoms with E-state index in [0.29, 0.717) is 64.1 Å². The van der Waals surface area contributed by atoms with E-state index in [1.165, 1.54) is 4.31 Å². The minimum Gasteiger partial charge on any atom is -0.508 e. The molecule has 3 aromatic carbocycles. The van der Waals surface area contributed by atoms with Crippen LogP contribution in [0.4, 0.5) is 10.5 Å². The van der Waals surface area contributed by atoms with Gasteiger partial charge in [0.25, 0.3) is 0 Å². The van der Waals surface area contributed by atoms with Gasteiger partial charge in [-0.25, -0.2) is 13.2 Å². The van der Waals surface area contributed by atoms with E-state index in [1.54, 1.807) is 24.3 Å². The average Bonchev–Trinajstić information content (AvgIpc) is 3.16. The van der Waals surface area contributed by atoms with Crippen LogP contribution in [0.25, 0.3) is 11.1 Å². The number of piperidine rings is 1. The van der Waals surface area contributed by atoms with Crippen molar-refractivity contribution in [1.29, 1.82) is 0 Å². The van der Waals surface area contributed by atoms with Gasteiger partial charge in [-0.05, 0) is 55.0 Å². The first-order chi connectivity index (χ1) is 25.6. The Morgan fingerprint density at radius 1 is 0.887 bits per heavy atom. The van der Waals surface area contributed by atoms with Gasteiger partial charge in [-0.15, -0.1) is 0 Å². The van der Waals surface area contributed by atoms with Crippen LogP contribution in [-0.2, 0) is 30.9 Å². The van der Waals surface area contributed by atoms with Gasteiger partial charge in [0.15, 0.2) is 0 Å². The number of benzene rings is 3. The lowest BCUT2D eigenvalue weighted by molar-refractivity contribution is -0.124. The largest absolute Gasteiger partial charge is 0.508 e. The van der Waals surface area contributed by atoms with Crippen molar-refractivity contribution in [3.05, 3.63) is 84.4 Å². The average molecular weight is 749 g/mol. The predicted octanol–water partition coefficient (Wildman–Crippen LogP) is 4.01. The zero-order valence-electron chi connectivity index (χ0n) is 30.3. The molecule has 286 valence electrons. The number of phenolic OH excluding ortho intramolecular Hbond substituents is 1. The zero-order chi connectivity index (χ0) is 37.5. The van der Waals surface area contributed by atoms with E-state index < -0.39 is 16.1 Å². The molecule has 13 nitrogen and oxygen atoms in total. The summed E-state index contributed by atoms with van der Waals surface area (Å²) < 4.78 is 34.0. The van der Waals surface area contributed by atoms with Crippen molar-refractivity contribution in [1.82, 2.24) is 24.7 Å². The molecule has 14 heteroatoms. The molecule has 2 aliphatic heterocycles. The fourth-order valence-electron chi connectivity index (χ4n) is 6.55. The summed E-state index contributed by atoms with van der Waals surface area (Å²) in [4.78, 5) is 41.1. The van der Waals surface area contributed by atoms with Gasteiger partial charge in [-0.3, -0.25) is 19.8 Å². The topological polar surface area (TPSA) is 161 Å². The molecule has 0 aliphatic carbocycles. The molecule has 3 amide bonds. The van der Waals surface area contributed by atoms with Gasteiger partial charge in [0.05, 0.1) is 18.0 Å². The second-order valence-electron chi connectivity index (χ2n) is 13.6. The number of nitrogens with zero attached hydrogens (tertiary/aromatic N) is 3. The maximum Gasteiger partial charge on any atom is 0.411 e. The highest BCUT2D eigenvalue weighted by molar-refractivity contribution is 7.89. The number of hydrogen-bond donors (Lipinski definition) is 4. The van der Waals surface area contributed by atoms with E-state index in [0.717, 1.165) is 42.6 Å². The van der Waals surface area contributed by atoms with Crippen molar-refractivity contribution in [2.75, 3.05) is 70.0 Å². The summed E-state index contributed by atoms with van der Waals surface area (Å²) in [6, 6.07) is 24.0. The lowest BCUT2D eigenvalue weighted by Crippen LogP contribution is -2.49. The summed E-state index contributed by atoms with van der Waals surface area (Å²) in [6.45, 7) is 4.74. The molecule has 53 heavy (non-hydrogen) atoms. The number of carbonyl (C=O) groups excluding carboxylic acids is 3. The quantitative estimate of drug-likeness (QED) is 0.141. The van der Waals surface area contributed by atoms with Crippen molar-refractivity contribution >= 4 is 33.6 Å². The Kier molecular flexibility index (Phi) is 15.0. The normalized spacial score (nSPS) is 15.9. The Balaban J connectivity index is 0.960. The summed E-state index contributed by atoms with van der Waals surface area (Å²) in [5.41, 5.74) is 3.41. The zero-order valence-corrected chi connectivity index (χ0v) is 31.1. The molecule has 0 aromatic heterocycles. The number of anilines is 1. The molecular formula is C39H52N6O7S. The third-order valence-electron chi connectivity index (χ3n) is 9.59. The summed E-state index contributed by atoms with van der Waals surface area (Å²) in [5.74, 6) is -0.0927. The Bertz CT molecular complexity index is 1730. The highest BCUT2D eigenvalue weighted by Gasteiger charge is 2.26. The standard InChI is InChI=1S/C39H52N6O7S/c46-33-15-13-31(14-16-33)29-45(53(50,51)28-27-44-26-21-41-38(48)30-44)22-8-2-7-20-40-37(47)19-25-43-23-17-34(18-24-43)52-39(49)42-36-12-6-5-11-35(36)32-9-3-1-4-10-32/h1,3-6,9-16,34,46H,2,7-8,17-30H2,(H,40,47)(H,41,48)(H,42,49). The lowest BCUT2D eigenvalue weighted by atomic mass is 10.0. The van der Waals surface area contributed by atoms with Crippen LogP contribution in [0.5, 0.6) is 5.75 Å². The molecule has 4 N–H and O–H groups in total. The van der Waals surface area contributed by atoms with Gasteiger partial charge in [0.1, 0.15) is 11.9 Å². The van der Waals surface area contributed by atoms with Crippen molar-refractivity contribution in [2.24, 2.45) is 0 Å². The fourth-order valence-corrected chi connectivity index (χ4v) is 8.05. The van der Waals surface area contributed by atoms with Crippen molar-refractivity contribution in [3.63, 3.8) is 0 Å². The molecule has 0 saturated carbocycles. The monoisotopic (exact) mass is 748 g/mol. The molecule has 0 radical (unpaired) electrons. The van der Waals surface area contributed by atoms with Crippen LogP contribution in [0.1, 0.15) is 44.1 Å². The maximum absolute atomic E-state index is 13.4. The highest BCUT2D eigenvalue weighted by Crippen LogP contribution is 2.28. The number of amides is 3. The van der Waals surface area contributed by atoms with Crippen LogP contribution in [-0.4, -0.2) is 116 Å². The number of piperazine rings is 1. The van der Waals surface area contributed by atoms with Crippen LogP contribution in [0.15, 0.2) is 78.9 Å². The SMILES string of the molecule is O=C(CCN1CCC(OC(=O)Nc2ccccc2-c2ccccc2)CC1)NCCCCCN(Cc1ccc(O)cc1)S(=O)(=O)CCN1CCNC(=O)C1. The van der Waals surface area contributed by atoms with Crippen molar-refractivity contribution < 1.29 is 32.6 Å². The number of rotatable bonds is 18. The first-order valence-corrected chi connectivity index (χ1v) is 20.1. The van der Waals surface area contributed by atoms with Gasteiger partial charge in [-0.1, -0.05) is 67.1 Å². The number of sulfonamides is 1. The number of hydrogen-bond acceptors (Lipinski definition) is 9. The summed E-state index contributed by atoms with van der Waals surface area (Å²) in [6.07, 6.45) is 3.22. The minimum absolute atomic E-state index is 0.0252. The second kappa shape index (κ2) is 20.1. The third-order valence-corrected chi connectivity index (χ3v) is 11.4. The van der Waals surface area contributed by atoms with E-state index >= 15 is 0 Å². The second-order valence-corrected chi connectivity index (χ2v) is 15.7. The number of phenols is 1. The summed E-state index contributed by atoms with van der Waals surface area (Å²) >= 11 is 0. The van der Waals surface area contributed by atoms with Crippen molar-refractivity contribution in [3.8, 4) is 16.9 Å². The highest BCUT2D eigenvalue weighted by atomic mass is 32.2. The smallest absolute Gasteiger partial charge is 0.411 e. The molecule has 0 unspecified atom stereocenters. The van der Waals surface area contributed by atoms with Crippen LogP contribution in [0, 0.1) is 0 Å². The van der Waals surface area contributed by atoms with Crippen LogP contribution < -0.4 is 16.0 Å². The first-order valence-electron chi connectivity index (χ1n) is 18.5. The molecule has 2 saturated heterocycles. The summed E-state index contributed by atoms with van der Waals surface area (Å²) in [5, 5.41) is 18.3. The Labute approximate surface area is 312 Å². The number of para-hydroxylation sites is 1. The molecule has 0 bridgehead atoms. The van der Waals surface area contributed by atoms with Gasteiger partial charge in [-0.2, -0.15) is 4.31 Å². The van der Waals surface area contributed by atoms with Crippen LogP contribution >= 0.6 is 0 Å². The Hall–Kier alpha value is -4.50. The van der Waals surface area contributed by atoms with Gasteiger partial charge in [0.2, 0.25) is 21.8 Å². The van der Waals surface area contributed by atoms with Gasteiger partial charge >= 0.3 is 6.09 Å². The molecule has 2 fully saturated rings. The van der Waals surface area contributed by atoms with E-state index in [2.05, 4.69) is 20.9 Å². The number of unbranched alkanes of at least 4 members (excludes halogenated alkanes) is 2. The molecule has 2 heterocycles. The molecular weight excluding hydrogens is 697 g/mol. The molecule has 0 spiro atoms. The van der Waals surface area contributed by atoms with Crippen LogP contribution in [0.3, 0.4) is 0 Å².